The zero-order chi connectivity index (χ0) is 17.6. The zero-order valence-corrected chi connectivity index (χ0v) is 14.4. The van der Waals surface area contributed by atoms with Gasteiger partial charge in [-0.25, -0.2) is 0 Å². The summed E-state index contributed by atoms with van der Waals surface area (Å²) < 4.78 is 10.4. The number of benzene rings is 1. The molecule has 0 bridgehead atoms. The zero-order valence-electron chi connectivity index (χ0n) is 14.4. The number of rotatable bonds is 7. The van der Waals surface area contributed by atoms with Crippen LogP contribution < -0.4 is 0 Å². The second kappa shape index (κ2) is 7.79. The van der Waals surface area contributed by atoms with Gasteiger partial charge in [-0.15, -0.1) is 0 Å². The number of carbonyl (C=O) groups is 1. The van der Waals surface area contributed by atoms with Crippen molar-refractivity contribution in [2.75, 3.05) is 6.54 Å². The quantitative estimate of drug-likeness (QED) is 0.657. The number of furan rings is 1. The van der Waals surface area contributed by atoms with E-state index in [1.165, 1.54) is 5.56 Å². The molecule has 2 aromatic heterocycles. The number of amides is 1. The molecule has 1 amide bonds. The molecule has 0 radical (unpaired) electrons. The lowest BCUT2D eigenvalue weighted by atomic mass is 10.1. The topological polar surface area (TPSA) is 72.4 Å². The fourth-order valence-electron chi connectivity index (χ4n) is 2.60. The third kappa shape index (κ3) is 4.15. The maximum Gasteiger partial charge on any atom is 0.238 e. The highest BCUT2D eigenvalue weighted by atomic mass is 16.5. The average molecular weight is 339 g/mol. The lowest BCUT2D eigenvalue weighted by Crippen LogP contribution is -2.30. The van der Waals surface area contributed by atoms with Gasteiger partial charge in [0.05, 0.1) is 6.26 Å². The molecular weight excluding hydrogens is 318 g/mol. The molecule has 6 nitrogen and oxygen atoms in total. The molecule has 2 heterocycles. The molecule has 0 aliphatic heterocycles. The van der Waals surface area contributed by atoms with Crippen molar-refractivity contribution in [1.29, 1.82) is 0 Å². The largest absolute Gasteiger partial charge is 0.461 e. The monoisotopic (exact) mass is 339 g/mol. The predicted molar refractivity (Wildman–Crippen MR) is 92.6 cm³/mol. The first-order chi connectivity index (χ1) is 12.2. The van der Waals surface area contributed by atoms with E-state index in [-0.39, 0.29) is 5.91 Å². The minimum atomic E-state index is 0.0727. The SMILES string of the molecule is CCN(Cc1ccccc1C)C(=O)CCc1nc(-c2ccco2)no1. The first kappa shape index (κ1) is 17.0. The highest BCUT2D eigenvalue weighted by Gasteiger charge is 2.16. The number of hydrogen-bond donors (Lipinski definition) is 0. The van der Waals surface area contributed by atoms with Crippen molar-refractivity contribution in [3.63, 3.8) is 0 Å². The molecule has 0 aliphatic rings. The van der Waals surface area contributed by atoms with Gasteiger partial charge in [0.1, 0.15) is 0 Å². The summed E-state index contributed by atoms with van der Waals surface area (Å²) >= 11 is 0. The van der Waals surface area contributed by atoms with Crippen molar-refractivity contribution in [3.05, 3.63) is 59.7 Å². The molecule has 25 heavy (non-hydrogen) atoms. The van der Waals surface area contributed by atoms with Crippen LogP contribution in [0.1, 0.15) is 30.4 Å². The van der Waals surface area contributed by atoms with Crippen molar-refractivity contribution in [3.8, 4) is 11.6 Å². The minimum Gasteiger partial charge on any atom is -0.461 e. The van der Waals surface area contributed by atoms with Gasteiger partial charge < -0.3 is 13.8 Å². The summed E-state index contributed by atoms with van der Waals surface area (Å²) in [4.78, 5) is 18.6. The number of nitrogens with zero attached hydrogens (tertiary/aromatic N) is 3. The molecular formula is C19H21N3O3. The third-order valence-electron chi connectivity index (χ3n) is 4.12. The molecule has 0 N–H and O–H groups in total. The molecule has 0 spiro atoms. The van der Waals surface area contributed by atoms with Gasteiger partial charge in [-0.2, -0.15) is 4.98 Å². The molecule has 0 atom stereocenters. The first-order valence-corrected chi connectivity index (χ1v) is 8.36. The Morgan fingerprint density at radius 1 is 1.20 bits per heavy atom. The number of hydrogen-bond acceptors (Lipinski definition) is 5. The van der Waals surface area contributed by atoms with Crippen LogP contribution in [0.25, 0.3) is 11.6 Å². The third-order valence-corrected chi connectivity index (χ3v) is 4.12. The van der Waals surface area contributed by atoms with Crippen LogP contribution in [-0.4, -0.2) is 27.5 Å². The van der Waals surface area contributed by atoms with Crippen LogP contribution in [0.4, 0.5) is 0 Å². The molecule has 0 fully saturated rings. The van der Waals surface area contributed by atoms with Crippen LogP contribution in [0.2, 0.25) is 0 Å². The van der Waals surface area contributed by atoms with E-state index in [1.54, 1.807) is 18.4 Å². The highest BCUT2D eigenvalue weighted by Crippen LogP contribution is 2.17. The Hall–Kier alpha value is -2.89. The van der Waals surface area contributed by atoms with E-state index in [9.17, 15) is 4.79 Å². The van der Waals surface area contributed by atoms with E-state index in [0.29, 0.717) is 43.4 Å². The molecule has 0 unspecified atom stereocenters. The van der Waals surface area contributed by atoms with Crippen LogP contribution in [0, 0.1) is 6.92 Å². The standard InChI is InChI=1S/C19H21N3O3/c1-3-22(13-15-8-5-4-7-14(15)2)18(23)11-10-17-20-19(21-25-17)16-9-6-12-24-16/h4-9,12H,3,10-11,13H2,1-2H3. The maximum absolute atomic E-state index is 12.5. The molecule has 0 saturated heterocycles. The smallest absolute Gasteiger partial charge is 0.238 e. The molecule has 0 aliphatic carbocycles. The number of aromatic nitrogens is 2. The predicted octanol–water partition coefficient (Wildman–Crippen LogP) is 3.62. The van der Waals surface area contributed by atoms with Crippen LogP contribution in [0.5, 0.6) is 0 Å². The summed E-state index contributed by atoms with van der Waals surface area (Å²) in [6.07, 6.45) is 2.30. The lowest BCUT2D eigenvalue weighted by Gasteiger charge is -2.21. The van der Waals surface area contributed by atoms with Crippen molar-refractivity contribution in [2.24, 2.45) is 0 Å². The van der Waals surface area contributed by atoms with E-state index in [1.807, 2.05) is 24.0 Å². The van der Waals surface area contributed by atoms with Gasteiger partial charge in [-0.3, -0.25) is 4.79 Å². The van der Waals surface area contributed by atoms with Crippen molar-refractivity contribution < 1.29 is 13.7 Å². The maximum atomic E-state index is 12.5. The summed E-state index contributed by atoms with van der Waals surface area (Å²) in [5.41, 5.74) is 2.35. The fourth-order valence-corrected chi connectivity index (χ4v) is 2.60. The Morgan fingerprint density at radius 3 is 2.76 bits per heavy atom. The second-order valence-electron chi connectivity index (χ2n) is 5.82. The van der Waals surface area contributed by atoms with Crippen molar-refractivity contribution >= 4 is 5.91 Å². The van der Waals surface area contributed by atoms with Gasteiger partial charge in [0.15, 0.2) is 5.76 Å². The average Bonchev–Trinajstić information content (AvgIpc) is 3.30. The summed E-state index contributed by atoms with van der Waals surface area (Å²) in [7, 11) is 0. The van der Waals surface area contributed by atoms with Gasteiger partial charge in [-0.05, 0) is 37.1 Å². The van der Waals surface area contributed by atoms with Gasteiger partial charge in [-0.1, -0.05) is 29.4 Å². The summed E-state index contributed by atoms with van der Waals surface area (Å²) in [5, 5.41) is 3.88. The molecule has 6 heteroatoms. The van der Waals surface area contributed by atoms with Crippen LogP contribution in [0.15, 0.2) is 51.6 Å². The Morgan fingerprint density at radius 2 is 2.04 bits per heavy atom. The molecule has 1 aromatic carbocycles. The summed E-state index contributed by atoms with van der Waals surface area (Å²) in [5.74, 6) is 1.46. The van der Waals surface area contributed by atoms with Crippen molar-refractivity contribution in [2.45, 2.75) is 33.2 Å². The van der Waals surface area contributed by atoms with E-state index in [2.05, 4.69) is 29.2 Å². The normalized spacial score (nSPS) is 10.8. The highest BCUT2D eigenvalue weighted by molar-refractivity contribution is 5.76. The first-order valence-electron chi connectivity index (χ1n) is 8.36. The summed E-state index contributed by atoms with van der Waals surface area (Å²) in [6, 6.07) is 11.6. The van der Waals surface area contributed by atoms with Crippen LogP contribution >= 0.6 is 0 Å². The van der Waals surface area contributed by atoms with Gasteiger partial charge in [0.2, 0.25) is 17.6 Å². The minimum absolute atomic E-state index is 0.0727. The number of carbonyl (C=O) groups excluding carboxylic acids is 1. The van der Waals surface area contributed by atoms with E-state index in [0.717, 1.165) is 5.56 Å². The molecule has 130 valence electrons. The lowest BCUT2D eigenvalue weighted by molar-refractivity contribution is -0.131. The van der Waals surface area contributed by atoms with E-state index in [4.69, 9.17) is 8.94 Å². The Kier molecular flexibility index (Phi) is 5.28. The molecule has 0 saturated carbocycles. The van der Waals surface area contributed by atoms with E-state index >= 15 is 0 Å². The van der Waals surface area contributed by atoms with E-state index < -0.39 is 0 Å². The Labute approximate surface area is 146 Å². The second-order valence-corrected chi connectivity index (χ2v) is 5.82. The summed E-state index contributed by atoms with van der Waals surface area (Å²) in [6.45, 7) is 5.32. The fraction of sp³-hybridized carbons (Fsp3) is 0.316. The molecule has 3 aromatic rings. The van der Waals surface area contributed by atoms with Gasteiger partial charge in [0, 0.05) is 25.9 Å². The van der Waals surface area contributed by atoms with Gasteiger partial charge in [0.25, 0.3) is 0 Å². The Balaban J connectivity index is 1.58. The van der Waals surface area contributed by atoms with Crippen LogP contribution in [-0.2, 0) is 17.8 Å². The number of aryl methyl sites for hydroxylation is 2. The molecule has 3 rings (SSSR count). The van der Waals surface area contributed by atoms with Gasteiger partial charge >= 0.3 is 0 Å². The van der Waals surface area contributed by atoms with Crippen LogP contribution in [0.3, 0.4) is 0 Å². The van der Waals surface area contributed by atoms with Crippen molar-refractivity contribution in [1.82, 2.24) is 15.0 Å². The Bertz CT molecular complexity index is 824.